The minimum absolute atomic E-state index is 0.150. The van der Waals surface area contributed by atoms with Gasteiger partial charge in [0.05, 0.1) is 5.56 Å². The van der Waals surface area contributed by atoms with E-state index in [-0.39, 0.29) is 11.1 Å². The fourth-order valence-corrected chi connectivity index (χ4v) is 2.01. The maximum absolute atomic E-state index is 12.1. The summed E-state index contributed by atoms with van der Waals surface area (Å²) in [6.07, 6.45) is 2.62. The number of rotatable bonds is 3. The zero-order valence-electron chi connectivity index (χ0n) is 12.1. The number of allylic oxidation sites excluding steroid dienone is 1. The molecule has 0 saturated carbocycles. The standard InChI is InChI=1S/C16H15NO5/c1-9-7-13(18)16(2,22)14(19)12(9)8-17-11-5-3-10(4-6-11)15(20)21/h3-8,17,22H,1-2H3,(H,20,21)/b12-8-/t16-/m1/s1. The number of aromatic carboxylic acids is 1. The molecule has 1 aromatic rings. The second kappa shape index (κ2) is 5.57. The molecule has 114 valence electrons. The molecule has 1 aromatic carbocycles. The molecule has 0 bridgehead atoms. The van der Waals surface area contributed by atoms with E-state index in [0.29, 0.717) is 11.3 Å². The average molecular weight is 301 g/mol. The lowest BCUT2D eigenvalue weighted by molar-refractivity contribution is -0.144. The van der Waals surface area contributed by atoms with Crippen LogP contribution in [0.1, 0.15) is 24.2 Å². The summed E-state index contributed by atoms with van der Waals surface area (Å²) in [7, 11) is 0. The van der Waals surface area contributed by atoms with Crippen molar-refractivity contribution < 1.29 is 24.6 Å². The number of carbonyl (C=O) groups excluding carboxylic acids is 2. The predicted octanol–water partition coefficient (Wildman–Crippen LogP) is 1.53. The summed E-state index contributed by atoms with van der Waals surface area (Å²) in [6, 6.07) is 5.95. The van der Waals surface area contributed by atoms with Gasteiger partial charge in [-0.1, -0.05) is 0 Å². The molecule has 0 unspecified atom stereocenters. The van der Waals surface area contributed by atoms with Crippen molar-refractivity contribution in [1.29, 1.82) is 0 Å². The van der Waals surface area contributed by atoms with Crippen LogP contribution in [-0.2, 0) is 9.59 Å². The van der Waals surface area contributed by atoms with Gasteiger partial charge < -0.3 is 15.5 Å². The van der Waals surface area contributed by atoms with E-state index < -0.39 is 23.1 Å². The van der Waals surface area contributed by atoms with Gasteiger partial charge in [0.15, 0.2) is 11.4 Å². The summed E-state index contributed by atoms with van der Waals surface area (Å²) < 4.78 is 0. The lowest BCUT2D eigenvalue weighted by atomic mass is 9.82. The van der Waals surface area contributed by atoms with Gasteiger partial charge in [0.2, 0.25) is 5.78 Å². The molecule has 0 aliphatic heterocycles. The van der Waals surface area contributed by atoms with E-state index in [1.54, 1.807) is 19.1 Å². The number of ketones is 2. The van der Waals surface area contributed by atoms with Gasteiger partial charge in [-0.15, -0.1) is 0 Å². The summed E-state index contributed by atoms with van der Waals surface area (Å²) in [5, 5.41) is 21.6. The van der Waals surface area contributed by atoms with Crippen LogP contribution in [0.2, 0.25) is 0 Å². The van der Waals surface area contributed by atoms with Crippen molar-refractivity contribution in [2.75, 3.05) is 5.32 Å². The third-order valence-electron chi connectivity index (χ3n) is 3.45. The van der Waals surface area contributed by atoms with E-state index in [9.17, 15) is 19.5 Å². The molecule has 0 radical (unpaired) electrons. The second-order valence-electron chi connectivity index (χ2n) is 5.18. The van der Waals surface area contributed by atoms with E-state index in [2.05, 4.69) is 5.32 Å². The number of aliphatic hydroxyl groups is 1. The highest BCUT2D eigenvalue weighted by molar-refractivity contribution is 6.25. The highest BCUT2D eigenvalue weighted by Crippen LogP contribution is 2.26. The summed E-state index contributed by atoms with van der Waals surface area (Å²) >= 11 is 0. The Bertz CT molecular complexity index is 711. The van der Waals surface area contributed by atoms with Gasteiger partial charge in [-0.05, 0) is 49.8 Å². The molecular formula is C16H15NO5. The third kappa shape index (κ3) is 2.82. The molecule has 3 N–H and O–H groups in total. The fourth-order valence-electron chi connectivity index (χ4n) is 2.01. The predicted molar refractivity (Wildman–Crippen MR) is 79.5 cm³/mol. The van der Waals surface area contributed by atoms with Crippen LogP contribution in [0, 0.1) is 0 Å². The maximum Gasteiger partial charge on any atom is 0.335 e. The van der Waals surface area contributed by atoms with Crippen LogP contribution >= 0.6 is 0 Å². The zero-order valence-corrected chi connectivity index (χ0v) is 12.1. The normalized spacial score (nSPS) is 23.4. The maximum atomic E-state index is 12.1. The summed E-state index contributed by atoms with van der Waals surface area (Å²) in [6.45, 7) is 2.77. The van der Waals surface area contributed by atoms with E-state index in [1.807, 2.05) is 0 Å². The number of hydrogen-bond donors (Lipinski definition) is 3. The molecule has 0 fully saturated rings. The Labute approximate surface area is 126 Å². The SMILES string of the molecule is CC1=CC(=O)[C@@](C)(O)C(=O)/C1=C\Nc1ccc(C(=O)O)cc1. The van der Waals surface area contributed by atoms with Gasteiger partial charge in [0.1, 0.15) is 0 Å². The van der Waals surface area contributed by atoms with Crippen molar-refractivity contribution in [2.45, 2.75) is 19.4 Å². The lowest BCUT2D eigenvalue weighted by Gasteiger charge is -2.25. The van der Waals surface area contributed by atoms with Crippen LogP contribution in [0.5, 0.6) is 0 Å². The number of anilines is 1. The molecule has 2 rings (SSSR count). The van der Waals surface area contributed by atoms with Crippen molar-refractivity contribution in [2.24, 2.45) is 0 Å². The average Bonchev–Trinajstić information content (AvgIpc) is 2.46. The van der Waals surface area contributed by atoms with Crippen molar-refractivity contribution in [3.05, 3.63) is 53.3 Å². The first-order valence-corrected chi connectivity index (χ1v) is 6.54. The van der Waals surface area contributed by atoms with Gasteiger partial charge in [0, 0.05) is 17.5 Å². The first-order chi connectivity index (χ1) is 10.2. The first kappa shape index (κ1) is 15.7. The van der Waals surface area contributed by atoms with Gasteiger partial charge in [-0.25, -0.2) is 4.79 Å². The van der Waals surface area contributed by atoms with Gasteiger partial charge in [0.25, 0.3) is 0 Å². The smallest absolute Gasteiger partial charge is 0.335 e. The number of nitrogens with one attached hydrogen (secondary N) is 1. The van der Waals surface area contributed by atoms with Gasteiger partial charge in [-0.2, -0.15) is 0 Å². The molecular weight excluding hydrogens is 286 g/mol. The number of hydrogen-bond acceptors (Lipinski definition) is 5. The molecule has 0 saturated heterocycles. The molecule has 0 amide bonds. The van der Waals surface area contributed by atoms with Crippen molar-refractivity contribution in [3.63, 3.8) is 0 Å². The van der Waals surface area contributed by atoms with Crippen molar-refractivity contribution in [3.8, 4) is 0 Å². The lowest BCUT2D eigenvalue weighted by Crippen LogP contribution is -2.46. The van der Waals surface area contributed by atoms with Crippen LogP contribution in [0.3, 0.4) is 0 Å². The Hall–Kier alpha value is -2.73. The minimum Gasteiger partial charge on any atom is -0.478 e. The van der Waals surface area contributed by atoms with Crippen molar-refractivity contribution in [1.82, 2.24) is 0 Å². The Morgan fingerprint density at radius 2 is 1.82 bits per heavy atom. The van der Waals surface area contributed by atoms with E-state index in [4.69, 9.17) is 5.11 Å². The minimum atomic E-state index is -2.06. The Morgan fingerprint density at radius 3 is 2.36 bits per heavy atom. The number of carbonyl (C=O) groups is 3. The van der Waals surface area contributed by atoms with Crippen LogP contribution in [-0.4, -0.2) is 33.3 Å². The molecule has 0 heterocycles. The van der Waals surface area contributed by atoms with E-state index >= 15 is 0 Å². The zero-order chi connectivity index (χ0) is 16.5. The molecule has 1 aliphatic carbocycles. The molecule has 0 aromatic heterocycles. The van der Waals surface area contributed by atoms with Gasteiger partial charge >= 0.3 is 5.97 Å². The topological polar surface area (TPSA) is 104 Å². The first-order valence-electron chi connectivity index (χ1n) is 6.54. The van der Waals surface area contributed by atoms with E-state index in [0.717, 1.165) is 6.92 Å². The molecule has 1 atom stereocenters. The highest BCUT2D eigenvalue weighted by Gasteiger charge is 2.42. The van der Waals surface area contributed by atoms with Crippen LogP contribution in [0.4, 0.5) is 5.69 Å². The Morgan fingerprint density at radius 1 is 1.23 bits per heavy atom. The van der Waals surface area contributed by atoms with Gasteiger partial charge in [-0.3, -0.25) is 9.59 Å². The molecule has 1 aliphatic rings. The monoisotopic (exact) mass is 301 g/mol. The van der Waals surface area contributed by atoms with Crippen molar-refractivity contribution >= 4 is 23.2 Å². The summed E-state index contributed by atoms with van der Waals surface area (Å²) in [4.78, 5) is 34.5. The van der Waals surface area contributed by atoms with Crippen LogP contribution in [0.15, 0.2) is 47.7 Å². The largest absolute Gasteiger partial charge is 0.478 e. The molecule has 6 nitrogen and oxygen atoms in total. The molecule has 0 spiro atoms. The molecule has 22 heavy (non-hydrogen) atoms. The molecule has 6 heteroatoms. The highest BCUT2D eigenvalue weighted by atomic mass is 16.4. The second-order valence-corrected chi connectivity index (χ2v) is 5.18. The summed E-state index contributed by atoms with van der Waals surface area (Å²) in [5.41, 5.74) is -0.672. The number of Topliss-reactive ketones (excluding diaryl/α,β-unsaturated/α-hetero) is 1. The quantitative estimate of drug-likeness (QED) is 0.578. The number of benzene rings is 1. The van der Waals surface area contributed by atoms with Crippen LogP contribution < -0.4 is 5.32 Å². The third-order valence-corrected chi connectivity index (χ3v) is 3.45. The Kier molecular flexibility index (Phi) is 3.97. The fraction of sp³-hybridized carbons (Fsp3) is 0.188. The van der Waals surface area contributed by atoms with E-state index in [1.165, 1.54) is 24.4 Å². The number of carboxylic acid groups (broad SMARTS) is 1. The van der Waals surface area contributed by atoms with Crippen LogP contribution in [0.25, 0.3) is 0 Å². The summed E-state index contributed by atoms with van der Waals surface area (Å²) in [5.74, 6) is -2.34. The Balaban J connectivity index is 2.26. The number of carboxylic acids is 1.